The van der Waals surface area contributed by atoms with Crippen LogP contribution < -0.4 is 5.32 Å². The molecule has 0 aliphatic carbocycles. The van der Waals surface area contributed by atoms with Crippen LogP contribution in [0.25, 0.3) is 0 Å². The van der Waals surface area contributed by atoms with E-state index in [1.165, 1.54) is 141 Å². The molecule has 0 heterocycles. The summed E-state index contributed by atoms with van der Waals surface area (Å²) in [5.41, 5.74) is 0. The largest absolute Gasteiger partial charge is 0.394 e. The molecule has 0 rings (SSSR count). The molecule has 0 spiro atoms. The number of carbonyl (C=O) groups excluding carboxylic acids is 1. The van der Waals surface area contributed by atoms with Crippen molar-refractivity contribution in [2.75, 3.05) is 6.61 Å². The molecule has 1 amide bonds. The molecule has 0 saturated heterocycles. The maximum Gasteiger partial charge on any atom is 0.220 e. The summed E-state index contributed by atoms with van der Waals surface area (Å²) in [5, 5.41) is 33.5. The van der Waals surface area contributed by atoms with Gasteiger partial charge in [-0.3, -0.25) is 4.79 Å². The molecule has 47 heavy (non-hydrogen) atoms. The van der Waals surface area contributed by atoms with Crippen molar-refractivity contribution in [3.8, 4) is 0 Å². The van der Waals surface area contributed by atoms with Gasteiger partial charge in [0.1, 0.15) is 6.10 Å². The SMILES string of the molecule is CCCCC/C=C\C=C/CCCCCCCCC(=O)NC(CO)C(O)C(O)CCCCCCCCCCCCCCCCCCCC. The first-order valence-electron chi connectivity index (χ1n) is 20.6. The Morgan fingerprint density at radius 1 is 0.532 bits per heavy atom. The number of rotatable bonds is 37. The zero-order valence-corrected chi connectivity index (χ0v) is 31.4. The van der Waals surface area contributed by atoms with Crippen LogP contribution in [0.2, 0.25) is 0 Å². The molecule has 0 aromatic carbocycles. The topological polar surface area (TPSA) is 89.8 Å². The third kappa shape index (κ3) is 33.1. The smallest absolute Gasteiger partial charge is 0.220 e. The van der Waals surface area contributed by atoms with Gasteiger partial charge in [0.05, 0.1) is 18.8 Å². The van der Waals surface area contributed by atoms with Crippen LogP contribution in [0.1, 0.15) is 213 Å². The van der Waals surface area contributed by atoms with Crippen LogP contribution in [-0.2, 0) is 4.79 Å². The lowest BCUT2D eigenvalue weighted by atomic mass is 9.99. The highest BCUT2D eigenvalue weighted by atomic mass is 16.3. The summed E-state index contributed by atoms with van der Waals surface area (Å²) in [6.45, 7) is 4.14. The Hall–Kier alpha value is -1.17. The summed E-state index contributed by atoms with van der Waals surface area (Å²) < 4.78 is 0. The van der Waals surface area contributed by atoms with Gasteiger partial charge in [-0.15, -0.1) is 0 Å². The molecule has 4 N–H and O–H groups in total. The second kappa shape index (κ2) is 37.6. The molecule has 3 atom stereocenters. The fourth-order valence-corrected chi connectivity index (χ4v) is 6.33. The zero-order valence-electron chi connectivity index (χ0n) is 31.4. The monoisotopic (exact) mass is 664 g/mol. The average Bonchev–Trinajstić information content (AvgIpc) is 3.07. The minimum absolute atomic E-state index is 0.156. The van der Waals surface area contributed by atoms with Crippen LogP contribution in [-0.4, -0.2) is 46.1 Å². The molecule has 0 aromatic rings. The molecule has 0 aliphatic heterocycles. The number of aliphatic hydroxyl groups excluding tert-OH is 3. The fourth-order valence-electron chi connectivity index (χ4n) is 6.33. The number of unbranched alkanes of at least 4 members (excludes halogenated alkanes) is 26. The van der Waals surface area contributed by atoms with Crippen molar-refractivity contribution >= 4 is 5.91 Å². The maximum absolute atomic E-state index is 12.4. The number of allylic oxidation sites excluding steroid dienone is 4. The quantitative estimate of drug-likeness (QED) is 0.0393. The van der Waals surface area contributed by atoms with E-state index in [0.717, 1.165) is 44.9 Å². The van der Waals surface area contributed by atoms with Crippen molar-refractivity contribution in [2.24, 2.45) is 0 Å². The summed E-state index contributed by atoms with van der Waals surface area (Å²) in [7, 11) is 0. The third-order valence-corrected chi connectivity index (χ3v) is 9.59. The van der Waals surface area contributed by atoms with E-state index in [9.17, 15) is 20.1 Å². The van der Waals surface area contributed by atoms with Gasteiger partial charge in [0.2, 0.25) is 5.91 Å². The van der Waals surface area contributed by atoms with Crippen LogP contribution in [0.4, 0.5) is 0 Å². The van der Waals surface area contributed by atoms with Crippen LogP contribution >= 0.6 is 0 Å². The Morgan fingerprint density at radius 2 is 0.894 bits per heavy atom. The molecule has 0 bridgehead atoms. The number of nitrogens with one attached hydrogen (secondary N) is 1. The van der Waals surface area contributed by atoms with Crippen molar-refractivity contribution in [2.45, 2.75) is 231 Å². The van der Waals surface area contributed by atoms with E-state index in [2.05, 4.69) is 43.5 Å². The Morgan fingerprint density at radius 3 is 1.34 bits per heavy atom. The summed E-state index contributed by atoms with van der Waals surface area (Å²) in [6.07, 6.45) is 44.1. The second-order valence-electron chi connectivity index (χ2n) is 14.2. The zero-order chi connectivity index (χ0) is 34.5. The highest BCUT2D eigenvalue weighted by molar-refractivity contribution is 5.76. The van der Waals surface area contributed by atoms with Gasteiger partial charge >= 0.3 is 0 Å². The van der Waals surface area contributed by atoms with Gasteiger partial charge in [-0.05, 0) is 38.5 Å². The van der Waals surface area contributed by atoms with E-state index < -0.39 is 18.2 Å². The van der Waals surface area contributed by atoms with Gasteiger partial charge in [0.25, 0.3) is 0 Å². The van der Waals surface area contributed by atoms with Crippen molar-refractivity contribution in [3.63, 3.8) is 0 Å². The van der Waals surface area contributed by atoms with E-state index in [1.807, 2.05) is 0 Å². The summed E-state index contributed by atoms with van der Waals surface area (Å²) in [5.74, 6) is -0.156. The molecular formula is C42H81NO4. The molecule has 5 heteroatoms. The summed E-state index contributed by atoms with van der Waals surface area (Å²) in [6, 6.07) is -0.813. The highest BCUT2D eigenvalue weighted by Crippen LogP contribution is 2.16. The van der Waals surface area contributed by atoms with Gasteiger partial charge in [-0.2, -0.15) is 0 Å². The number of aliphatic hydroxyl groups is 3. The minimum Gasteiger partial charge on any atom is -0.394 e. The fraction of sp³-hybridized carbons (Fsp3) is 0.881. The second-order valence-corrected chi connectivity index (χ2v) is 14.2. The van der Waals surface area contributed by atoms with E-state index >= 15 is 0 Å². The number of hydrogen-bond acceptors (Lipinski definition) is 4. The van der Waals surface area contributed by atoms with E-state index in [1.54, 1.807) is 0 Å². The predicted octanol–water partition coefficient (Wildman–Crippen LogP) is 11.4. The molecule has 0 fully saturated rings. The lowest BCUT2D eigenvalue weighted by Gasteiger charge is -2.26. The normalized spacial score (nSPS) is 13.9. The molecular weight excluding hydrogens is 582 g/mol. The molecule has 3 unspecified atom stereocenters. The van der Waals surface area contributed by atoms with Crippen molar-refractivity contribution in [3.05, 3.63) is 24.3 Å². The Bertz CT molecular complexity index is 694. The van der Waals surface area contributed by atoms with Crippen molar-refractivity contribution in [1.82, 2.24) is 5.32 Å². The minimum atomic E-state index is -1.14. The van der Waals surface area contributed by atoms with E-state index in [-0.39, 0.29) is 12.5 Å². The van der Waals surface area contributed by atoms with Crippen LogP contribution in [0.3, 0.4) is 0 Å². The molecule has 0 radical (unpaired) electrons. The first kappa shape index (κ1) is 45.8. The highest BCUT2D eigenvalue weighted by Gasteiger charge is 2.26. The molecule has 278 valence electrons. The van der Waals surface area contributed by atoms with E-state index in [0.29, 0.717) is 12.8 Å². The average molecular weight is 664 g/mol. The molecule has 5 nitrogen and oxygen atoms in total. The van der Waals surface area contributed by atoms with Crippen molar-refractivity contribution < 1.29 is 20.1 Å². The lowest BCUT2D eigenvalue weighted by Crippen LogP contribution is -2.50. The van der Waals surface area contributed by atoms with Crippen LogP contribution in [0, 0.1) is 0 Å². The lowest BCUT2D eigenvalue weighted by molar-refractivity contribution is -0.124. The first-order chi connectivity index (χ1) is 23.1. The third-order valence-electron chi connectivity index (χ3n) is 9.59. The number of carbonyl (C=O) groups is 1. The predicted molar refractivity (Wildman–Crippen MR) is 204 cm³/mol. The molecule has 0 saturated carbocycles. The summed E-state index contributed by atoms with van der Waals surface area (Å²) >= 11 is 0. The summed E-state index contributed by atoms with van der Waals surface area (Å²) in [4.78, 5) is 12.4. The first-order valence-corrected chi connectivity index (χ1v) is 20.6. The Labute approximate surface area is 292 Å². The molecule has 0 aliphatic rings. The van der Waals surface area contributed by atoms with Crippen LogP contribution in [0.5, 0.6) is 0 Å². The Kier molecular flexibility index (Phi) is 36.7. The van der Waals surface area contributed by atoms with Crippen LogP contribution in [0.15, 0.2) is 24.3 Å². The van der Waals surface area contributed by atoms with E-state index in [4.69, 9.17) is 0 Å². The van der Waals surface area contributed by atoms with Gasteiger partial charge in [0.15, 0.2) is 0 Å². The Balaban J connectivity index is 3.66. The van der Waals surface area contributed by atoms with Gasteiger partial charge in [-0.25, -0.2) is 0 Å². The number of hydrogen-bond donors (Lipinski definition) is 4. The molecule has 0 aromatic heterocycles. The van der Waals surface area contributed by atoms with Gasteiger partial charge in [-0.1, -0.05) is 192 Å². The number of amides is 1. The maximum atomic E-state index is 12.4. The van der Waals surface area contributed by atoms with Gasteiger partial charge in [0, 0.05) is 6.42 Å². The van der Waals surface area contributed by atoms with Crippen molar-refractivity contribution in [1.29, 1.82) is 0 Å². The standard InChI is InChI=1S/C42H81NO4/c1-3-5-7-9-11-13-15-17-19-20-21-23-24-26-28-30-32-34-36-40(45)42(47)39(38-44)43-41(46)37-35-33-31-29-27-25-22-18-16-14-12-10-8-6-4-2/h12,14,16,18,39-40,42,44-45,47H,3-11,13,15,17,19-38H2,1-2H3,(H,43,46)/b14-12-,18-16-. The van der Waals surface area contributed by atoms with Gasteiger partial charge < -0.3 is 20.6 Å².